The molecule has 0 atom stereocenters. The molecule has 0 radical (unpaired) electrons. The van der Waals surface area contributed by atoms with Crippen LogP contribution in [0.2, 0.25) is 0 Å². The summed E-state index contributed by atoms with van der Waals surface area (Å²) >= 11 is 0. The fourth-order valence-corrected chi connectivity index (χ4v) is 2.98. The number of para-hydroxylation sites is 1. The molecule has 3 rings (SSSR count). The predicted octanol–water partition coefficient (Wildman–Crippen LogP) is 2.74. The second kappa shape index (κ2) is 9.19. The molecule has 0 unspecified atom stereocenters. The topological polar surface area (TPSA) is 67.9 Å². The van der Waals surface area contributed by atoms with Gasteiger partial charge in [0.15, 0.2) is 0 Å². The zero-order chi connectivity index (χ0) is 19.1. The Morgan fingerprint density at radius 3 is 2.48 bits per heavy atom. The number of carbonyl (C=O) groups excluding carboxylic acids is 2. The molecule has 1 N–H and O–H groups in total. The number of nitrogens with one attached hydrogen (secondary N) is 1. The molecule has 1 fully saturated rings. The summed E-state index contributed by atoms with van der Waals surface area (Å²) in [5.41, 5.74) is 2.12. The molecule has 142 valence electrons. The summed E-state index contributed by atoms with van der Waals surface area (Å²) in [6, 6.07) is 14.8. The van der Waals surface area contributed by atoms with Crippen LogP contribution in [0.3, 0.4) is 0 Å². The molecule has 27 heavy (non-hydrogen) atoms. The predicted molar refractivity (Wildman–Crippen MR) is 103 cm³/mol. The molecule has 2 aromatic carbocycles. The molecule has 0 saturated carbocycles. The normalized spacial score (nSPS) is 13.9. The first-order valence-corrected chi connectivity index (χ1v) is 9.06. The Morgan fingerprint density at radius 2 is 1.78 bits per heavy atom. The summed E-state index contributed by atoms with van der Waals surface area (Å²) in [5, 5.41) is 2.88. The van der Waals surface area contributed by atoms with E-state index >= 15 is 0 Å². The average molecular weight is 368 g/mol. The third-order valence-electron chi connectivity index (χ3n) is 4.53. The van der Waals surface area contributed by atoms with Gasteiger partial charge in [0, 0.05) is 19.5 Å². The highest BCUT2D eigenvalue weighted by molar-refractivity contribution is 6.03. The van der Waals surface area contributed by atoms with Crippen molar-refractivity contribution in [2.75, 3.05) is 38.7 Å². The van der Waals surface area contributed by atoms with E-state index in [0.29, 0.717) is 50.4 Å². The SMILES string of the molecule is COc1ccc(CCC(=O)Nc2ccccc2C(=O)N2CCOCC2)cc1. The summed E-state index contributed by atoms with van der Waals surface area (Å²) < 4.78 is 10.4. The zero-order valence-electron chi connectivity index (χ0n) is 15.4. The standard InChI is InChI=1S/C21H24N2O4/c1-26-17-9-6-16(7-10-17)8-11-20(24)22-19-5-3-2-4-18(19)21(25)23-12-14-27-15-13-23/h2-7,9-10H,8,11-15H2,1H3,(H,22,24). The molecule has 0 bridgehead atoms. The minimum Gasteiger partial charge on any atom is -0.497 e. The number of hydrogen-bond donors (Lipinski definition) is 1. The van der Waals surface area contributed by atoms with Gasteiger partial charge in [-0.2, -0.15) is 0 Å². The monoisotopic (exact) mass is 368 g/mol. The minimum absolute atomic E-state index is 0.0793. The fourth-order valence-electron chi connectivity index (χ4n) is 2.98. The third kappa shape index (κ3) is 5.08. The van der Waals surface area contributed by atoms with Crippen molar-refractivity contribution in [3.05, 3.63) is 59.7 Å². The van der Waals surface area contributed by atoms with Gasteiger partial charge in [-0.1, -0.05) is 24.3 Å². The van der Waals surface area contributed by atoms with Crippen molar-refractivity contribution in [3.8, 4) is 5.75 Å². The van der Waals surface area contributed by atoms with Gasteiger partial charge in [0.2, 0.25) is 5.91 Å². The molecule has 2 aromatic rings. The highest BCUT2D eigenvalue weighted by atomic mass is 16.5. The summed E-state index contributed by atoms with van der Waals surface area (Å²) in [5.74, 6) is 0.594. The van der Waals surface area contributed by atoms with E-state index in [2.05, 4.69) is 5.32 Å². The lowest BCUT2D eigenvalue weighted by molar-refractivity contribution is -0.116. The number of carbonyl (C=O) groups is 2. The van der Waals surface area contributed by atoms with E-state index in [1.165, 1.54) is 0 Å². The maximum absolute atomic E-state index is 12.7. The van der Waals surface area contributed by atoms with Crippen LogP contribution in [0.25, 0.3) is 0 Å². The van der Waals surface area contributed by atoms with Crippen LogP contribution in [0.1, 0.15) is 22.3 Å². The number of aryl methyl sites for hydroxylation is 1. The van der Waals surface area contributed by atoms with Gasteiger partial charge in [0.25, 0.3) is 5.91 Å². The summed E-state index contributed by atoms with van der Waals surface area (Å²) in [6.07, 6.45) is 0.960. The molecule has 0 aliphatic carbocycles. The molecular formula is C21H24N2O4. The van der Waals surface area contributed by atoms with Gasteiger partial charge in [0.05, 0.1) is 31.6 Å². The lowest BCUT2D eigenvalue weighted by atomic mass is 10.1. The Morgan fingerprint density at radius 1 is 1.07 bits per heavy atom. The molecule has 0 aromatic heterocycles. The number of benzene rings is 2. The van der Waals surface area contributed by atoms with Crippen molar-refractivity contribution in [1.29, 1.82) is 0 Å². The van der Waals surface area contributed by atoms with Gasteiger partial charge in [-0.25, -0.2) is 0 Å². The number of hydrogen-bond acceptors (Lipinski definition) is 4. The highest BCUT2D eigenvalue weighted by Gasteiger charge is 2.21. The summed E-state index contributed by atoms with van der Waals surface area (Å²) in [7, 11) is 1.62. The van der Waals surface area contributed by atoms with Crippen LogP contribution < -0.4 is 10.1 Å². The van der Waals surface area contributed by atoms with Crippen LogP contribution in [-0.4, -0.2) is 50.1 Å². The first-order chi connectivity index (χ1) is 13.2. The lowest BCUT2D eigenvalue weighted by Crippen LogP contribution is -2.41. The highest BCUT2D eigenvalue weighted by Crippen LogP contribution is 2.19. The van der Waals surface area contributed by atoms with Crippen LogP contribution in [0.15, 0.2) is 48.5 Å². The summed E-state index contributed by atoms with van der Waals surface area (Å²) in [4.78, 5) is 26.9. The number of methoxy groups -OCH3 is 1. The van der Waals surface area contributed by atoms with Gasteiger partial charge in [-0.3, -0.25) is 9.59 Å². The van der Waals surface area contributed by atoms with Gasteiger partial charge < -0.3 is 19.7 Å². The fraction of sp³-hybridized carbons (Fsp3) is 0.333. The first kappa shape index (κ1) is 18.9. The van der Waals surface area contributed by atoms with Crippen LogP contribution in [-0.2, 0) is 16.0 Å². The Kier molecular flexibility index (Phi) is 6.44. The second-order valence-corrected chi connectivity index (χ2v) is 6.35. The number of morpholine rings is 1. The number of amides is 2. The Hall–Kier alpha value is -2.86. The number of nitrogens with zero attached hydrogens (tertiary/aromatic N) is 1. The maximum Gasteiger partial charge on any atom is 0.256 e. The molecule has 1 saturated heterocycles. The van der Waals surface area contributed by atoms with Crippen molar-refractivity contribution in [3.63, 3.8) is 0 Å². The van der Waals surface area contributed by atoms with Crippen molar-refractivity contribution in [2.24, 2.45) is 0 Å². The Balaban J connectivity index is 1.61. The van der Waals surface area contributed by atoms with Crippen molar-refractivity contribution in [1.82, 2.24) is 4.90 Å². The summed E-state index contributed by atoms with van der Waals surface area (Å²) in [6.45, 7) is 2.22. The minimum atomic E-state index is -0.118. The van der Waals surface area contributed by atoms with E-state index in [0.717, 1.165) is 11.3 Å². The van der Waals surface area contributed by atoms with Crippen LogP contribution >= 0.6 is 0 Å². The van der Waals surface area contributed by atoms with E-state index in [1.807, 2.05) is 30.3 Å². The van der Waals surface area contributed by atoms with Gasteiger partial charge >= 0.3 is 0 Å². The van der Waals surface area contributed by atoms with Crippen LogP contribution in [0.5, 0.6) is 5.75 Å². The smallest absolute Gasteiger partial charge is 0.256 e. The van der Waals surface area contributed by atoms with Gasteiger partial charge in [-0.15, -0.1) is 0 Å². The zero-order valence-corrected chi connectivity index (χ0v) is 15.4. The van der Waals surface area contributed by atoms with Crippen LogP contribution in [0, 0.1) is 0 Å². The third-order valence-corrected chi connectivity index (χ3v) is 4.53. The van der Waals surface area contributed by atoms with Crippen molar-refractivity contribution in [2.45, 2.75) is 12.8 Å². The van der Waals surface area contributed by atoms with Crippen LogP contribution in [0.4, 0.5) is 5.69 Å². The number of anilines is 1. The molecular weight excluding hydrogens is 344 g/mol. The maximum atomic E-state index is 12.7. The van der Waals surface area contributed by atoms with Crippen molar-refractivity contribution < 1.29 is 19.1 Å². The van der Waals surface area contributed by atoms with Gasteiger partial charge in [-0.05, 0) is 36.2 Å². The van der Waals surface area contributed by atoms with E-state index in [4.69, 9.17) is 9.47 Å². The van der Waals surface area contributed by atoms with E-state index < -0.39 is 0 Å². The Labute approximate surface area is 159 Å². The van der Waals surface area contributed by atoms with Crippen molar-refractivity contribution >= 4 is 17.5 Å². The molecule has 6 heteroatoms. The largest absolute Gasteiger partial charge is 0.497 e. The molecule has 2 amide bonds. The first-order valence-electron chi connectivity index (χ1n) is 9.06. The van der Waals surface area contributed by atoms with E-state index in [-0.39, 0.29) is 11.8 Å². The van der Waals surface area contributed by atoms with E-state index in [1.54, 1.807) is 30.2 Å². The second-order valence-electron chi connectivity index (χ2n) is 6.35. The molecule has 1 aliphatic rings. The Bertz CT molecular complexity index is 783. The number of ether oxygens (including phenoxy) is 2. The van der Waals surface area contributed by atoms with E-state index in [9.17, 15) is 9.59 Å². The van der Waals surface area contributed by atoms with Gasteiger partial charge in [0.1, 0.15) is 5.75 Å². The quantitative estimate of drug-likeness (QED) is 0.851. The number of rotatable bonds is 6. The molecule has 1 heterocycles. The molecule has 1 aliphatic heterocycles. The average Bonchev–Trinajstić information content (AvgIpc) is 2.73. The lowest BCUT2D eigenvalue weighted by Gasteiger charge is -2.27. The molecule has 6 nitrogen and oxygen atoms in total. The molecule has 0 spiro atoms.